The van der Waals surface area contributed by atoms with Crippen molar-refractivity contribution in [3.05, 3.63) is 161 Å². The van der Waals surface area contributed by atoms with Crippen LogP contribution in [-0.4, -0.2) is 36.9 Å². The second kappa shape index (κ2) is 17.4. The van der Waals surface area contributed by atoms with Crippen LogP contribution in [-0.2, 0) is 9.59 Å². The van der Waals surface area contributed by atoms with E-state index in [1.54, 1.807) is 60.7 Å². The van der Waals surface area contributed by atoms with E-state index < -0.39 is 17.1 Å². The minimum Gasteiger partial charge on any atom is -0.493 e. The number of nitrogens with one attached hydrogen (secondary N) is 3. The zero-order chi connectivity index (χ0) is 37.2. The highest BCUT2D eigenvalue weighted by molar-refractivity contribution is 8.00. The van der Waals surface area contributed by atoms with Gasteiger partial charge in [0.1, 0.15) is 10.9 Å². The maximum atomic E-state index is 13.8. The molecule has 0 spiro atoms. The predicted octanol–water partition coefficient (Wildman–Crippen LogP) is 9.02. The first-order chi connectivity index (χ1) is 25.8. The lowest BCUT2D eigenvalue weighted by Crippen LogP contribution is -2.30. The second-order valence-electron chi connectivity index (χ2n) is 11.7. The van der Waals surface area contributed by atoms with E-state index in [1.807, 2.05) is 85.8 Å². The molecule has 3 amide bonds. The van der Waals surface area contributed by atoms with Crippen molar-refractivity contribution in [3.63, 3.8) is 0 Å². The summed E-state index contributed by atoms with van der Waals surface area (Å²) >= 11 is 2.82. The van der Waals surface area contributed by atoms with E-state index in [2.05, 4.69) is 16.0 Å². The molecule has 0 saturated heterocycles. The van der Waals surface area contributed by atoms with Gasteiger partial charge in [0.05, 0.1) is 19.9 Å². The molecule has 3 N–H and O–H groups in total. The van der Waals surface area contributed by atoms with Crippen molar-refractivity contribution in [2.24, 2.45) is 0 Å². The number of carbonyl (C=O) groups is 3. The highest BCUT2D eigenvalue weighted by Crippen LogP contribution is 2.38. The minimum absolute atomic E-state index is 0.0261. The number of hydrogen-bond donors (Lipinski definition) is 3. The highest BCUT2D eigenvalue weighted by Gasteiger charge is 2.24. The Morgan fingerprint density at radius 1 is 0.755 bits per heavy atom. The maximum absolute atomic E-state index is 13.8. The Balaban J connectivity index is 1.20. The zero-order valence-electron chi connectivity index (χ0n) is 29.2. The molecule has 6 rings (SSSR count). The molecule has 5 aromatic carbocycles. The van der Waals surface area contributed by atoms with Gasteiger partial charge in [0, 0.05) is 26.6 Å². The van der Waals surface area contributed by atoms with Gasteiger partial charge in [-0.2, -0.15) is 0 Å². The summed E-state index contributed by atoms with van der Waals surface area (Å²) in [6, 6.07) is 40.5. The molecule has 0 fully saturated rings. The van der Waals surface area contributed by atoms with Crippen LogP contribution in [0.4, 0.5) is 10.8 Å². The summed E-state index contributed by atoms with van der Waals surface area (Å²) in [6.07, 6.45) is 1.57. The third kappa shape index (κ3) is 9.39. The van der Waals surface area contributed by atoms with Gasteiger partial charge in [-0.15, -0.1) is 23.1 Å². The molecule has 11 heteroatoms. The highest BCUT2D eigenvalue weighted by atomic mass is 32.2. The van der Waals surface area contributed by atoms with Gasteiger partial charge in [-0.1, -0.05) is 84.9 Å². The number of hydrogen-bond acceptors (Lipinski definition) is 8. The average molecular weight is 741 g/mol. The molecule has 9 nitrogen and oxygen atoms in total. The molecule has 0 aliphatic carbocycles. The SMILES string of the molecule is COc1ccc(/C=C(\NC(=O)c2ccccc2)C(=O)Nc2ccc(SC(C(=O)Nc3nc(-c4ccccc4)c(C)s3)c3ccccc3)cc2)cc1OC. The summed E-state index contributed by atoms with van der Waals surface area (Å²) in [4.78, 5) is 47.2. The molecule has 53 heavy (non-hydrogen) atoms. The molecular weight excluding hydrogens is 705 g/mol. The van der Waals surface area contributed by atoms with Gasteiger partial charge in [-0.25, -0.2) is 4.98 Å². The van der Waals surface area contributed by atoms with E-state index >= 15 is 0 Å². The standard InChI is InChI=1S/C42H36N4O5S2/c1-27-37(29-13-7-4-8-14-29)45-42(52-27)46-41(49)38(30-15-9-5-10-16-30)53-33-22-20-32(21-23-33)43-40(48)34(44-39(47)31-17-11-6-12-18-31)25-28-19-24-35(50-2)36(26-28)51-3/h4-26,38H,1-3H3,(H,43,48)(H,44,47)(H,45,46,49)/b34-25-. The predicted molar refractivity (Wildman–Crippen MR) is 212 cm³/mol. The lowest BCUT2D eigenvalue weighted by Gasteiger charge is -2.17. The zero-order valence-corrected chi connectivity index (χ0v) is 30.8. The fraction of sp³-hybridized carbons (Fsp3) is 0.0952. The number of amides is 3. The van der Waals surface area contributed by atoms with Gasteiger partial charge in [-0.05, 0) is 72.7 Å². The quantitative estimate of drug-likeness (QED) is 0.0799. The van der Waals surface area contributed by atoms with Crippen molar-refractivity contribution in [2.75, 3.05) is 24.9 Å². The lowest BCUT2D eigenvalue weighted by molar-refractivity contribution is -0.116. The number of thiazole rings is 1. The second-order valence-corrected chi connectivity index (χ2v) is 14.0. The van der Waals surface area contributed by atoms with Crippen molar-refractivity contribution >= 4 is 57.7 Å². The van der Waals surface area contributed by atoms with Gasteiger partial charge in [0.25, 0.3) is 11.8 Å². The van der Waals surface area contributed by atoms with E-state index in [4.69, 9.17) is 14.5 Å². The number of ether oxygens (including phenoxy) is 2. The lowest BCUT2D eigenvalue weighted by atomic mass is 10.1. The van der Waals surface area contributed by atoms with Crippen LogP contribution in [0, 0.1) is 6.92 Å². The van der Waals surface area contributed by atoms with Crippen molar-refractivity contribution in [1.29, 1.82) is 0 Å². The Morgan fingerprint density at radius 2 is 1.40 bits per heavy atom. The van der Waals surface area contributed by atoms with Gasteiger partial charge < -0.3 is 25.4 Å². The summed E-state index contributed by atoms with van der Waals surface area (Å²) in [5.41, 5.74) is 4.21. The largest absolute Gasteiger partial charge is 0.493 e. The number of nitrogens with zero attached hydrogens (tertiary/aromatic N) is 1. The number of aromatic nitrogens is 1. The van der Waals surface area contributed by atoms with Crippen molar-refractivity contribution in [3.8, 4) is 22.8 Å². The van der Waals surface area contributed by atoms with Gasteiger partial charge in [0.15, 0.2) is 16.6 Å². The molecule has 0 radical (unpaired) electrons. The Kier molecular flexibility index (Phi) is 12.0. The Labute approximate surface area is 316 Å². The third-order valence-electron chi connectivity index (χ3n) is 8.03. The van der Waals surface area contributed by atoms with E-state index in [1.165, 1.54) is 37.3 Å². The van der Waals surface area contributed by atoms with Crippen LogP contribution in [0.3, 0.4) is 0 Å². The van der Waals surface area contributed by atoms with E-state index in [-0.39, 0.29) is 11.6 Å². The maximum Gasteiger partial charge on any atom is 0.272 e. The minimum atomic E-state index is -0.578. The number of benzene rings is 5. The fourth-order valence-corrected chi connectivity index (χ4v) is 7.25. The van der Waals surface area contributed by atoms with Crippen molar-refractivity contribution < 1.29 is 23.9 Å². The van der Waals surface area contributed by atoms with Crippen molar-refractivity contribution in [2.45, 2.75) is 17.1 Å². The van der Waals surface area contributed by atoms with E-state index in [0.717, 1.165) is 26.6 Å². The smallest absolute Gasteiger partial charge is 0.272 e. The van der Waals surface area contributed by atoms with Gasteiger partial charge in [0.2, 0.25) is 5.91 Å². The Bertz CT molecular complexity index is 2230. The van der Waals surface area contributed by atoms with Crippen LogP contribution >= 0.6 is 23.1 Å². The molecule has 0 saturated carbocycles. The van der Waals surface area contributed by atoms with Crippen LogP contribution in [0.5, 0.6) is 11.5 Å². The van der Waals surface area contributed by atoms with Gasteiger partial charge >= 0.3 is 0 Å². The van der Waals surface area contributed by atoms with Crippen molar-refractivity contribution in [1.82, 2.24) is 10.3 Å². The third-order valence-corrected chi connectivity index (χ3v) is 10.2. The molecule has 1 atom stereocenters. The molecule has 266 valence electrons. The van der Waals surface area contributed by atoms with Crippen LogP contribution in [0.25, 0.3) is 17.3 Å². The number of rotatable bonds is 13. The first kappa shape index (κ1) is 36.6. The average Bonchev–Trinajstić information content (AvgIpc) is 3.57. The monoisotopic (exact) mass is 740 g/mol. The topological polar surface area (TPSA) is 119 Å². The van der Waals surface area contributed by atoms with Gasteiger partial charge in [-0.3, -0.25) is 14.4 Å². The van der Waals surface area contributed by atoms with Crippen LogP contribution in [0.2, 0.25) is 0 Å². The number of thioether (sulfide) groups is 1. The molecule has 1 aromatic heterocycles. The molecular formula is C42H36N4O5S2. The molecule has 1 unspecified atom stereocenters. The fourth-order valence-electron chi connectivity index (χ4n) is 5.39. The van der Waals surface area contributed by atoms with Crippen LogP contribution in [0.15, 0.2) is 144 Å². The van der Waals surface area contributed by atoms with E-state index in [9.17, 15) is 14.4 Å². The molecule has 0 aliphatic heterocycles. The first-order valence-corrected chi connectivity index (χ1v) is 18.3. The summed E-state index contributed by atoms with van der Waals surface area (Å²) in [5.74, 6) is -0.159. The summed E-state index contributed by atoms with van der Waals surface area (Å²) in [7, 11) is 3.06. The number of methoxy groups -OCH3 is 2. The van der Waals surface area contributed by atoms with E-state index in [0.29, 0.717) is 33.4 Å². The van der Waals surface area contributed by atoms with Crippen LogP contribution < -0.4 is 25.4 Å². The summed E-state index contributed by atoms with van der Waals surface area (Å²) in [6.45, 7) is 1.99. The first-order valence-electron chi connectivity index (χ1n) is 16.6. The number of aryl methyl sites for hydroxylation is 1. The summed E-state index contributed by atoms with van der Waals surface area (Å²) < 4.78 is 10.8. The van der Waals surface area contributed by atoms with Crippen LogP contribution in [0.1, 0.15) is 31.6 Å². The number of carbonyl (C=O) groups excluding carboxylic acids is 3. The summed E-state index contributed by atoms with van der Waals surface area (Å²) in [5, 5.41) is 8.63. The molecule has 0 aliphatic rings. The molecule has 6 aromatic rings. The molecule has 1 heterocycles. The Hall–Kier alpha value is -6.17. The Morgan fingerprint density at radius 3 is 2.06 bits per heavy atom. The normalized spacial score (nSPS) is 11.6. The number of anilines is 2. The molecule has 0 bridgehead atoms.